The predicted octanol–water partition coefficient (Wildman–Crippen LogP) is 25.9. The van der Waals surface area contributed by atoms with Crippen LogP contribution in [-0.4, -0.2) is 37.2 Å². The van der Waals surface area contributed by atoms with Crippen molar-refractivity contribution in [3.63, 3.8) is 0 Å². The first-order valence-electron chi connectivity index (χ1n) is 37.5. The number of carbonyl (C=O) groups excluding carboxylic acids is 3. The highest BCUT2D eigenvalue weighted by Crippen LogP contribution is 2.19. The second-order valence-electron chi connectivity index (χ2n) is 25.6. The number of rotatable bonds is 70. The van der Waals surface area contributed by atoms with Crippen molar-refractivity contribution in [3.8, 4) is 0 Å². The van der Waals surface area contributed by atoms with Crippen LogP contribution in [0.5, 0.6) is 0 Å². The highest BCUT2D eigenvalue weighted by Gasteiger charge is 2.20. The minimum absolute atomic E-state index is 0.0707. The van der Waals surface area contributed by atoms with Crippen LogP contribution >= 0.6 is 0 Å². The van der Waals surface area contributed by atoms with Crippen molar-refractivity contribution in [1.82, 2.24) is 0 Å². The third kappa shape index (κ3) is 70.3. The molecule has 0 amide bonds. The van der Waals surface area contributed by atoms with E-state index in [9.17, 15) is 14.4 Å². The molecule has 0 saturated heterocycles. The molecule has 0 aliphatic rings. The van der Waals surface area contributed by atoms with E-state index in [-0.39, 0.29) is 31.1 Å². The van der Waals surface area contributed by atoms with Crippen LogP contribution in [0.2, 0.25) is 0 Å². The van der Waals surface area contributed by atoms with E-state index in [4.69, 9.17) is 14.2 Å². The van der Waals surface area contributed by atoms with Gasteiger partial charge in [-0.05, 0) is 70.6 Å². The molecule has 0 aromatic rings. The third-order valence-electron chi connectivity index (χ3n) is 17.1. The molecule has 6 nitrogen and oxygen atoms in total. The maximum absolute atomic E-state index is 13.0. The highest BCUT2D eigenvalue weighted by atomic mass is 16.6. The van der Waals surface area contributed by atoms with Crippen molar-refractivity contribution in [3.05, 3.63) is 36.5 Å². The van der Waals surface area contributed by atoms with Gasteiger partial charge in [-0.1, -0.05) is 365 Å². The van der Waals surface area contributed by atoms with Gasteiger partial charge in [0.05, 0.1) is 0 Å². The van der Waals surface area contributed by atoms with Crippen LogP contribution in [0.4, 0.5) is 0 Å². The quantitative estimate of drug-likeness (QED) is 0.0261. The van der Waals surface area contributed by atoms with Gasteiger partial charge in [-0.2, -0.15) is 0 Å². The van der Waals surface area contributed by atoms with E-state index in [1.165, 1.54) is 302 Å². The van der Waals surface area contributed by atoms with E-state index in [0.717, 1.165) is 77.0 Å². The Morgan fingerprint density at radius 3 is 0.711 bits per heavy atom. The molecule has 0 saturated carbocycles. The van der Waals surface area contributed by atoms with Gasteiger partial charge < -0.3 is 14.2 Å². The largest absolute Gasteiger partial charge is 0.462 e. The molecule has 0 heterocycles. The molecule has 1 unspecified atom stereocenters. The Morgan fingerprint density at radius 1 is 0.241 bits per heavy atom. The normalized spacial score (nSPS) is 12.2. The fourth-order valence-electron chi connectivity index (χ4n) is 11.5. The molecule has 6 heteroatoms. The first kappa shape index (κ1) is 80.6. The highest BCUT2D eigenvalue weighted by molar-refractivity contribution is 5.71. The number of hydrogen-bond donors (Lipinski definition) is 0. The zero-order valence-corrected chi connectivity index (χ0v) is 56.2. The van der Waals surface area contributed by atoms with E-state index in [1.807, 2.05) is 0 Å². The van der Waals surface area contributed by atoms with Gasteiger partial charge in [-0.3, -0.25) is 14.4 Å². The fraction of sp³-hybridized carbons (Fsp3) is 0.883. The summed E-state index contributed by atoms with van der Waals surface area (Å²) in [5.74, 6) is -0.853. The maximum atomic E-state index is 13.0. The average molecular weight is 1170 g/mol. The second kappa shape index (κ2) is 72.1. The first-order chi connectivity index (χ1) is 41.0. The smallest absolute Gasteiger partial charge is 0.306 e. The zero-order valence-electron chi connectivity index (χ0n) is 56.2. The lowest BCUT2D eigenvalue weighted by atomic mass is 10.0. The standard InChI is InChI=1S/C77H144O6/c1-4-7-10-13-16-19-22-25-28-30-32-34-35-36-37-38-39-40-41-42-43-44-46-47-49-52-55-58-61-64-67-70-76(79)82-73-74(72-81-75(78)69-66-63-60-57-54-51-27-24-21-18-15-12-9-6-3)83-77(80)71-68-65-62-59-56-53-50-48-45-33-31-29-26-23-20-17-14-11-8-5-2/h15,18,24,27,30,32,74H,4-14,16-17,19-23,25-26,28-29,31,33-73H2,1-3H3/b18-15-,27-24-,32-30-. The Hall–Kier alpha value is -2.37. The number of hydrogen-bond acceptors (Lipinski definition) is 6. The SMILES string of the molecule is CCCC/C=C\C/C=C\CCCCCCCC(=O)OCC(COC(=O)CCCCCCCCCCCCCCCCCCCCC/C=C\CCCCCCCCCC)OC(=O)CCCCCCCCCCCCCCCCCCCCCC. The molecule has 488 valence electrons. The van der Waals surface area contributed by atoms with E-state index >= 15 is 0 Å². The van der Waals surface area contributed by atoms with Gasteiger partial charge in [0.15, 0.2) is 6.10 Å². The van der Waals surface area contributed by atoms with Crippen LogP contribution in [0.25, 0.3) is 0 Å². The first-order valence-corrected chi connectivity index (χ1v) is 37.5. The van der Waals surface area contributed by atoms with E-state index in [0.29, 0.717) is 19.3 Å². The summed E-state index contributed by atoms with van der Waals surface area (Å²) < 4.78 is 17.0. The van der Waals surface area contributed by atoms with Crippen molar-refractivity contribution in [1.29, 1.82) is 0 Å². The summed E-state index contributed by atoms with van der Waals surface area (Å²) in [6, 6.07) is 0. The van der Waals surface area contributed by atoms with Crippen molar-refractivity contribution < 1.29 is 28.6 Å². The van der Waals surface area contributed by atoms with Crippen LogP contribution in [0, 0.1) is 0 Å². The van der Waals surface area contributed by atoms with Gasteiger partial charge in [-0.15, -0.1) is 0 Å². The molecule has 1 atom stereocenters. The zero-order chi connectivity index (χ0) is 59.9. The molecule has 0 spiro atoms. The van der Waals surface area contributed by atoms with E-state index in [2.05, 4.69) is 57.2 Å². The number of ether oxygens (including phenoxy) is 3. The second-order valence-corrected chi connectivity index (χ2v) is 25.6. The Kier molecular flexibility index (Phi) is 70.0. The van der Waals surface area contributed by atoms with Crippen LogP contribution in [0.15, 0.2) is 36.5 Å². The summed E-state index contributed by atoms with van der Waals surface area (Å²) in [6.45, 7) is 6.67. The van der Waals surface area contributed by atoms with Crippen LogP contribution in [0.1, 0.15) is 419 Å². The Labute approximate surface area is 518 Å². The molecule has 0 aromatic heterocycles. The summed E-state index contributed by atoms with van der Waals surface area (Å²) >= 11 is 0. The lowest BCUT2D eigenvalue weighted by Gasteiger charge is -2.18. The molecule has 0 fully saturated rings. The molecule has 0 N–H and O–H groups in total. The Bertz CT molecular complexity index is 1380. The number of esters is 3. The number of carbonyl (C=O) groups is 3. The van der Waals surface area contributed by atoms with Crippen LogP contribution in [-0.2, 0) is 28.6 Å². The van der Waals surface area contributed by atoms with Gasteiger partial charge >= 0.3 is 17.9 Å². The Morgan fingerprint density at radius 2 is 0.446 bits per heavy atom. The lowest BCUT2D eigenvalue weighted by molar-refractivity contribution is -0.167. The van der Waals surface area contributed by atoms with Gasteiger partial charge in [-0.25, -0.2) is 0 Å². The molecule has 83 heavy (non-hydrogen) atoms. The minimum atomic E-state index is -0.776. The summed E-state index contributed by atoms with van der Waals surface area (Å²) in [6.07, 6.45) is 90.5. The van der Waals surface area contributed by atoms with Crippen molar-refractivity contribution in [2.24, 2.45) is 0 Å². The molecular formula is C77H144O6. The topological polar surface area (TPSA) is 78.9 Å². The summed E-state index contributed by atoms with van der Waals surface area (Å²) in [4.78, 5) is 38.5. The summed E-state index contributed by atoms with van der Waals surface area (Å²) in [5, 5.41) is 0. The number of unbranched alkanes of at least 4 members (excludes halogenated alkanes) is 53. The molecule has 0 aromatic carbocycles. The monoisotopic (exact) mass is 1170 g/mol. The van der Waals surface area contributed by atoms with Gasteiger partial charge in [0.1, 0.15) is 13.2 Å². The average Bonchev–Trinajstić information content (AvgIpc) is 3.50. The van der Waals surface area contributed by atoms with Crippen molar-refractivity contribution in [2.45, 2.75) is 425 Å². The molecule has 0 aliphatic carbocycles. The van der Waals surface area contributed by atoms with Crippen LogP contribution in [0.3, 0.4) is 0 Å². The summed E-state index contributed by atoms with van der Waals surface area (Å²) in [5.41, 5.74) is 0. The lowest BCUT2D eigenvalue weighted by Crippen LogP contribution is -2.30. The van der Waals surface area contributed by atoms with Crippen molar-refractivity contribution >= 4 is 17.9 Å². The van der Waals surface area contributed by atoms with Gasteiger partial charge in [0.25, 0.3) is 0 Å². The van der Waals surface area contributed by atoms with Gasteiger partial charge in [0.2, 0.25) is 0 Å². The van der Waals surface area contributed by atoms with E-state index < -0.39 is 6.10 Å². The van der Waals surface area contributed by atoms with Gasteiger partial charge in [0, 0.05) is 19.3 Å². The molecule has 0 radical (unpaired) electrons. The fourth-order valence-corrected chi connectivity index (χ4v) is 11.5. The van der Waals surface area contributed by atoms with E-state index in [1.54, 1.807) is 0 Å². The predicted molar refractivity (Wildman–Crippen MR) is 362 cm³/mol. The third-order valence-corrected chi connectivity index (χ3v) is 17.1. The molecule has 0 rings (SSSR count). The molecular weight excluding hydrogens is 1020 g/mol. The molecule has 0 aliphatic heterocycles. The molecule has 0 bridgehead atoms. The summed E-state index contributed by atoms with van der Waals surface area (Å²) in [7, 11) is 0. The van der Waals surface area contributed by atoms with Crippen LogP contribution < -0.4 is 0 Å². The van der Waals surface area contributed by atoms with Crippen molar-refractivity contribution in [2.75, 3.05) is 13.2 Å². The Balaban J connectivity index is 4.16. The minimum Gasteiger partial charge on any atom is -0.462 e. The number of allylic oxidation sites excluding steroid dienone is 6. The maximum Gasteiger partial charge on any atom is 0.306 e.